The van der Waals surface area contributed by atoms with Gasteiger partial charge in [0.15, 0.2) is 0 Å². The third-order valence-corrected chi connectivity index (χ3v) is 15.7. The molecule has 5 aliphatic rings. The average Bonchev–Trinajstić information content (AvgIpc) is 3.51. The first kappa shape index (κ1) is 33.3. The maximum Gasteiger partial charge on any atom is 0.271 e. The van der Waals surface area contributed by atoms with Crippen LogP contribution < -0.4 is 5.56 Å². The van der Waals surface area contributed by atoms with E-state index in [9.17, 15) is 4.79 Å². The predicted molar refractivity (Wildman–Crippen MR) is 195 cm³/mol. The minimum absolute atomic E-state index is 0.0415. The van der Waals surface area contributed by atoms with Crippen LogP contribution in [0.4, 0.5) is 0 Å². The van der Waals surface area contributed by atoms with Crippen molar-refractivity contribution in [1.29, 1.82) is 0 Å². The van der Waals surface area contributed by atoms with Crippen molar-refractivity contribution >= 4 is 14.9 Å². The molecule has 0 N–H and O–H groups in total. The monoisotopic (exact) mass is 630 g/mol. The van der Waals surface area contributed by atoms with Gasteiger partial charge >= 0.3 is 0 Å². The molecule has 9 unspecified atom stereocenters. The molecule has 45 heavy (non-hydrogen) atoms. The third-order valence-electron chi connectivity index (χ3n) is 15.3. The van der Waals surface area contributed by atoms with Gasteiger partial charge in [-0.25, -0.2) is 4.68 Å². The molecule has 0 aromatic carbocycles. The summed E-state index contributed by atoms with van der Waals surface area (Å²) in [6.07, 6.45) is 22.7. The van der Waals surface area contributed by atoms with Crippen LogP contribution in [0.1, 0.15) is 138 Å². The maximum absolute atomic E-state index is 13.9. The van der Waals surface area contributed by atoms with Crippen LogP contribution in [0.5, 0.6) is 0 Å². The summed E-state index contributed by atoms with van der Waals surface area (Å²) in [6, 6.07) is 2.01. The minimum Gasteiger partial charge on any atom is -0.277 e. The first-order valence-corrected chi connectivity index (χ1v) is 19.4. The highest BCUT2D eigenvalue weighted by Gasteiger charge is 2.68. The highest BCUT2D eigenvalue weighted by atomic mass is 31.0. The second-order valence-corrected chi connectivity index (χ2v) is 17.4. The molecule has 4 heteroatoms. The van der Waals surface area contributed by atoms with Crippen molar-refractivity contribution < 1.29 is 0 Å². The standard InChI is InChI=1S/C41H63N2OP/c1-10-28(5)14-15-29(6)43-36(44)25-35(42(43)26-45)41-20-12-13-31(27(3)4)37(41)32-16-17-34-38(7,33(32)19-22-41)23-24-39(8)30(11-2)18-21-40(34,39)9/h10,14-15,25,27,30,32-34H,6,11-13,16-24,26,45H2,1-5,7-9H3/b15-14-,28-10-. The topological polar surface area (TPSA) is 26.9 Å². The van der Waals surface area contributed by atoms with E-state index in [0.29, 0.717) is 34.4 Å². The number of nitrogens with zero attached hydrogens (tertiary/aromatic N) is 2. The van der Waals surface area contributed by atoms with Gasteiger partial charge in [0.05, 0.1) is 17.7 Å². The molecule has 1 aromatic rings. The van der Waals surface area contributed by atoms with Gasteiger partial charge in [0.25, 0.3) is 5.56 Å². The number of hydrogen-bond donors (Lipinski definition) is 0. The molecule has 3 nitrogen and oxygen atoms in total. The zero-order chi connectivity index (χ0) is 32.5. The van der Waals surface area contributed by atoms with Crippen LogP contribution in [0.25, 0.3) is 5.70 Å². The number of hydrogen-bond acceptors (Lipinski definition) is 1. The normalized spacial score (nSPS) is 40.0. The van der Waals surface area contributed by atoms with E-state index in [1.54, 1.807) is 11.1 Å². The van der Waals surface area contributed by atoms with Gasteiger partial charge in [-0.3, -0.25) is 9.48 Å². The van der Waals surface area contributed by atoms with Gasteiger partial charge in [-0.2, -0.15) is 0 Å². The summed E-state index contributed by atoms with van der Waals surface area (Å²) >= 11 is 0. The Kier molecular flexibility index (Phi) is 8.75. The Labute approximate surface area is 277 Å². The maximum atomic E-state index is 13.9. The molecule has 0 bridgehead atoms. The molecule has 1 aromatic heterocycles. The SMILES string of the molecule is C=C(/C=C\C(C)=C/C)n1c(=O)cc(C23CCCC(C(C)C)=C2C2CCC4C(C)(CCC5(C)C(CC)CCC45C)C2CC3)n1CP. The Hall–Kier alpha value is -1.60. The van der Waals surface area contributed by atoms with Crippen molar-refractivity contribution in [3.05, 3.63) is 63.6 Å². The summed E-state index contributed by atoms with van der Waals surface area (Å²) in [5, 5.41) is 0. The van der Waals surface area contributed by atoms with Crippen LogP contribution in [-0.2, 0) is 11.7 Å². The molecule has 6 rings (SSSR count). The predicted octanol–water partition coefficient (Wildman–Crippen LogP) is 10.9. The second-order valence-electron chi connectivity index (χ2n) is 17.0. The summed E-state index contributed by atoms with van der Waals surface area (Å²) in [5.74, 6) is 3.69. The van der Waals surface area contributed by atoms with Gasteiger partial charge in [-0.05, 0) is 136 Å². The summed E-state index contributed by atoms with van der Waals surface area (Å²) in [6.45, 7) is 24.0. The van der Waals surface area contributed by atoms with Crippen LogP contribution >= 0.6 is 9.24 Å². The lowest BCUT2D eigenvalue weighted by Crippen LogP contribution is -2.60. The smallest absolute Gasteiger partial charge is 0.271 e. The number of allylic oxidation sites excluding steroid dienone is 7. The first-order chi connectivity index (χ1) is 21.3. The lowest BCUT2D eigenvalue weighted by atomic mass is 9.37. The number of aromatic nitrogens is 2. The Morgan fingerprint density at radius 2 is 1.80 bits per heavy atom. The van der Waals surface area contributed by atoms with E-state index in [0.717, 1.165) is 23.5 Å². The molecular weight excluding hydrogens is 567 g/mol. The molecule has 9 atom stereocenters. The third kappa shape index (κ3) is 4.70. The van der Waals surface area contributed by atoms with Crippen molar-refractivity contribution in [2.24, 2.45) is 45.8 Å². The molecule has 0 spiro atoms. The zero-order valence-corrected chi connectivity index (χ0v) is 31.1. The highest BCUT2D eigenvalue weighted by Crippen LogP contribution is 2.76. The minimum atomic E-state index is -0.0415. The zero-order valence-electron chi connectivity index (χ0n) is 30.0. The molecule has 0 saturated heterocycles. The van der Waals surface area contributed by atoms with E-state index in [-0.39, 0.29) is 11.0 Å². The highest BCUT2D eigenvalue weighted by molar-refractivity contribution is 7.15. The second kappa shape index (κ2) is 11.8. The van der Waals surface area contributed by atoms with E-state index in [2.05, 4.69) is 81.1 Å². The molecule has 4 fully saturated rings. The summed E-state index contributed by atoms with van der Waals surface area (Å²) in [5.41, 5.74) is 8.10. The van der Waals surface area contributed by atoms with Crippen molar-refractivity contribution in [2.45, 2.75) is 144 Å². The van der Waals surface area contributed by atoms with E-state index in [1.807, 2.05) is 23.7 Å². The lowest BCUT2D eigenvalue weighted by molar-refractivity contribution is -0.166. The quantitative estimate of drug-likeness (QED) is 0.167. The molecular formula is C41H63N2OP. The largest absolute Gasteiger partial charge is 0.277 e. The van der Waals surface area contributed by atoms with E-state index in [1.165, 1.54) is 88.3 Å². The van der Waals surface area contributed by atoms with Crippen molar-refractivity contribution in [2.75, 3.05) is 0 Å². The fourth-order valence-electron chi connectivity index (χ4n) is 12.8. The van der Waals surface area contributed by atoms with Crippen LogP contribution in [0.2, 0.25) is 0 Å². The van der Waals surface area contributed by atoms with Crippen molar-refractivity contribution in [3.8, 4) is 0 Å². The van der Waals surface area contributed by atoms with Gasteiger partial charge in [0.1, 0.15) is 0 Å². The molecule has 1 heterocycles. The number of fused-ring (bicyclic) bond motifs is 7. The molecule has 0 amide bonds. The Morgan fingerprint density at radius 3 is 2.47 bits per heavy atom. The van der Waals surface area contributed by atoms with E-state index < -0.39 is 0 Å². The van der Waals surface area contributed by atoms with Crippen molar-refractivity contribution in [3.63, 3.8) is 0 Å². The molecule has 4 saturated carbocycles. The summed E-state index contributed by atoms with van der Waals surface area (Å²) < 4.78 is 4.13. The van der Waals surface area contributed by atoms with Gasteiger partial charge in [-0.1, -0.05) is 83.4 Å². The Bertz CT molecular complexity index is 1490. The molecule has 0 radical (unpaired) electrons. The van der Waals surface area contributed by atoms with Gasteiger partial charge in [0, 0.05) is 11.5 Å². The Balaban J connectivity index is 1.45. The number of rotatable bonds is 7. The molecule has 0 aliphatic heterocycles. The molecule has 5 aliphatic carbocycles. The van der Waals surface area contributed by atoms with Crippen LogP contribution in [0.15, 0.2) is 52.4 Å². The molecule has 248 valence electrons. The summed E-state index contributed by atoms with van der Waals surface area (Å²) in [7, 11) is 2.93. The summed E-state index contributed by atoms with van der Waals surface area (Å²) in [4.78, 5) is 13.9. The fraction of sp³-hybridized carbons (Fsp3) is 0.732. The van der Waals surface area contributed by atoms with E-state index >= 15 is 0 Å². The first-order valence-electron chi connectivity index (χ1n) is 18.6. The van der Waals surface area contributed by atoms with Crippen LogP contribution in [-0.4, -0.2) is 9.36 Å². The van der Waals surface area contributed by atoms with Gasteiger partial charge in [0.2, 0.25) is 0 Å². The average molecular weight is 631 g/mol. The van der Waals surface area contributed by atoms with Crippen molar-refractivity contribution in [1.82, 2.24) is 9.36 Å². The van der Waals surface area contributed by atoms with Crippen LogP contribution in [0, 0.1) is 45.8 Å². The fourth-order valence-corrected chi connectivity index (χ4v) is 13.2. The Morgan fingerprint density at radius 1 is 1.04 bits per heavy atom. The van der Waals surface area contributed by atoms with Crippen LogP contribution in [0.3, 0.4) is 0 Å². The van der Waals surface area contributed by atoms with Gasteiger partial charge in [-0.15, -0.1) is 9.24 Å². The van der Waals surface area contributed by atoms with Gasteiger partial charge < -0.3 is 0 Å². The van der Waals surface area contributed by atoms with E-state index in [4.69, 9.17) is 0 Å². The lowest BCUT2D eigenvalue weighted by Gasteiger charge is -2.67.